The monoisotopic (exact) mass is 1030 g/mol. The minimum Gasteiger partial charge on any atom is -0.493 e. The van der Waals surface area contributed by atoms with E-state index in [4.69, 9.17) is 28.4 Å². The molecule has 0 aliphatic carbocycles. The number of rotatable bonds is 17. The van der Waals surface area contributed by atoms with Gasteiger partial charge in [-0.2, -0.15) is 0 Å². The van der Waals surface area contributed by atoms with Crippen LogP contribution in [0.5, 0.6) is 51.7 Å². The number of amides is 2. The summed E-state index contributed by atoms with van der Waals surface area (Å²) in [7, 11) is 3.56. The number of methoxy groups -OCH3 is 3. The van der Waals surface area contributed by atoms with E-state index >= 15 is 0 Å². The first-order valence-corrected chi connectivity index (χ1v) is 20.9. The van der Waals surface area contributed by atoms with E-state index in [-0.39, 0.29) is 87.5 Å². The molecular weight excluding hydrogens is 990 g/mol. The topological polar surface area (TPSA) is 227 Å². The van der Waals surface area contributed by atoms with Gasteiger partial charge in [0.05, 0.1) is 58.3 Å². The molecule has 4 aromatic heterocycles. The Morgan fingerprint density at radius 3 is 1.48 bits per heavy atom. The SMILES string of the molecule is CCOC(=O)c1cc(NC(=O)c2c(Oc3ccc(OC(F)(F)F)cc3OC)cnc(C)c2OCC)ccn1.COC(=O)c1cc(NC(=O)c2c(Oc3ccc(OC(F)(F)F)cc3OC)cnc(C)c2F)ccn1. The van der Waals surface area contributed by atoms with Crippen LogP contribution in [0.1, 0.15) is 66.9 Å². The van der Waals surface area contributed by atoms with Gasteiger partial charge in [-0.1, -0.05) is 0 Å². The Morgan fingerprint density at radius 1 is 0.562 bits per heavy atom. The van der Waals surface area contributed by atoms with Crippen molar-refractivity contribution in [2.75, 3.05) is 45.2 Å². The number of nitrogens with one attached hydrogen (secondary N) is 2. The summed E-state index contributed by atoms with van der Waals surface area (Å²) in [6, 6.07) is 11.6. The Morgan fingerprint density at radius 2 is 1.03 bits per heavy atom. The number of nitrogens with zero attached hydrogens (tertiary/aromatic N) is 4. The summed E-state index contributed by atoms with van der Waals surface area (Å²) in [6.45, 7) is 6.66. The summed E-state index contributed by atoms with van der Waals surface area (Å²) in [5, 5.41) is 5.09. The van der Waals surface area contributed by atoms with Gasteiger partial charge < -0.3 is 53.3 Å². The smallest absolute Gasteiger partial charge is 0.493 e. The molecule has 26 heteroatoms. The molecule has 0 saturated carbocycles. The molecular formula is C47H41F7N6O13. The summed E-state index contributed by atoms with van der Waals surface area (Å²) in [6.07, 6.45) is -4.92. The molecule has 0 fully saturated rings. The van der Waals surface area contributed by atoms with Crippen LogP contribution >= 0.6 is 0 Å². The molecule has 2 aromatic carbocycles. The Bertz CT molecular complexity index is 2980. The van der Waals surface area contributed by atoms with Crippen LogP contribution in [0.4, 0.5) is 42.1 Å². The van der Waals surface area contributed by atoms with Gasteiger partial charge >= 0.3 is 24.7 Å². The van der Waals surface area contributed by atoms with Gasteiger partial charge in [0.15, 0.2) is 46.1 Å². The van der Waals surface area contributed by atoms with Crippen LogP contribution in [0.15, 0.2) is 85.5 Å². The number of anilines is 2. The van der Waals surface area contributed by atoms with E-state index in [0.717, 1.165) is 43.6 Å². The maximum atomic E-state index is 14.9. The molecule has 0 spiro atoms. The van der Waals surface area contributed by atoms with Gasteiger partial charge in [-0.15, -0.1) is 26.3 Å². The van der Waals surface area contributed by atoms with Crippen LogP contribution in [0.2, 0.25) is 0 Å². The number of benzene rings is 2. The first-order chi connectivity index (χ1) is 34.6. The maximum Gasteiger partial charge on any atom is 0.573 e. The van der Waals surface area contributed by atoms with Gasteiger partial charge in [0.25, 0.3) is 11.8 Å². The van der Waals surface area contributed by atoms with E-state index in [9.17, 15) is 49.9 Å². The predicted molar refractivity (Wildman–Crippen MR) is 240 cm³/mol. The van der Waals surface area contributed by atoms with E-state index in [1.807, 2.05) is 0 Å². The lowest BCUT2D eigenvalue weighted by Gasteiger charge is -2.18. The second-order valence-electron chi connectivity index (χ2n) is 14.1. The quantitative estimate of drug-likeness (QED) is 0.0640. The fraction of sp³-hybridized carbons (Fsp3) is 0.234. The van der Waals surface area contributed by atoms with Crippen molar-refractivity contribution in [1.82, 2.24) is 19.9 Å². The molecule has 0 bridgehead atoms. The van der Waals surface area contributed by atoms with Gasteiger partial charge in [0.2, 0.25) is 0 Å². The minimum absolute atomic E-state index is 0.0111. The van der Waals surface area contributed by atoms with Crippen molar-refractivity contribution in [2.24, 2.45) is 0 Å². The van der Waals surface area contributed by atoms with E-state index in [0.29, 0.717) is 5.69 Å². The molecule has 386 valence electrons. The highest BCUT2D eigenvalue weighted by atomic mass is 19.4. The highest BCUT2D eigenvalue weighted by Gasteiger charge is 2.33. The average molecular weight is 1030 g/mol. The van der Waals surface area contributed by atoms with E-state index in [2.05, 4.69) is 44.8 Å². The third kappa shape index (κ3) is 15.0. The van der Waals surface area contributed by atoms with Crippen molar-refractivity contribution in [3.05, 3.63) is 125 Å². The predicted octanol–water partition coefficient (Wildman–Crippen LogP) is 9.97. The van der Waals surface area contributed by atoms with Gasteiger partial charge in [0, 0.05) is 35.9 Å². The number of aryl methyl sites for hydroxylation is 2. The number of carbonyl (C=O) groups is 4. The van der Waals surface area contributed by atoms with Crippen LogP contribution in [0.3, 0.4) is 0 Å². The number of hydrogen-bond donors (Lipinski definition) is 2. The maximum absolute atomic E-state index is 14.9. The molecule has 0 atom stereocenters. The van der Waals surface area contributed by atoms with Gasteiger partial charge in [0.1, 0.15) is 34.0 Å². The summed E-state index contributed by atoms with van der Waals surface area (Å²) in [5.74, 6) is -5.87. The lowest BCUT2D eigenvalue weighted by atomic mass is 10.1. The van der Waals surface area contributed by atoms with Crippen LogP contribution < -0.4 is 43.8 Å². The largest absolute Gasteiger partial charge is 0.573 e. The van der Waals surface area contributed by atoms with Crippen LogP contribution in [-0.2, 0) is 9.47 Å². The molecule has 0 aliphatic rings. The molecule has 73 heavy (non-hydrogen) atoms. The van der Waals surface area contributed by atoms with Crippen molar-refractivity contribution >= 4 is 35.1 Å². The molecule has 19 nitrogen and oxygen atoms in total. The molecule has 6 rings (SSSR count). The fourth-order valence-electron chi connectivity index (χ4n) is 6.07. The van der Waals surface area contributed by atoms with Gasteiger partial charge in [-0.05, 0) is 76.2 Å². The first kappa shape index (κ1) is 55.0. The number of aromatic nitrogens is 4. The Labute approximate surface area is 409 Å². The number of alkyl halides is 6. The standard InChI is InChI=1S/C25H24F3N3O7.C22H17F4N3O6/c1-5-35-22-14(3)30-13-20(37-18-8-7-16(12-19(18)34-4)38-25(26,27)28)21(22)23(32)31-15-9-10-29-17(11-15)24(33)36-6-2;1-11-19(23)18(20(30)29-12-6-7-27-14(8-12)21(31)33-3)17(10-28-11)34-15-5-4-13(9-16(15)32-2)35-22(24,25)26/h7-13H,5-6H2,1-4H3,(H,29,31,32);4-10H,1-3H3,(H,27,29,30). The molecule has 2 N–H and O–H groups in total. The minimum atomic E-state index is -4.93. The highest BCUT2D eigenvalue weighted by molar-refractivity contribution is 6.09. The summed E-state index contributed by atoms with van der Waals surface area (Å²) >= 11 is 0. The van der Waals surface area contributed by atoms with Crippen LogP contribution in [0.25, 0.3) is 0 Å². The Balaban J connectivity index is 0.000000272. The van der Waals surface area contributed by atoms with Gasteiger partial charge in [-0.25, -0.2) is 23.9 Å². The fourth-order valence-corrected chi connectivity index (χ4v) is 6.07. The zero-order valence-electron chi connectivity index (χ0n) is 39.2. The number of carbonyl (C=O) groups excluding carboxylic acids is 4. The second-order valence-corrected chi connectivity index (χ2v) is 14.1. The number of hydrogen-bond acceptors (Lipinski definition) is 17. The molecule has 0 unspecified atom stereocenters. The van der Waals surface area contributed by atoms with E-state index < -0.39 is 59.4 Å². The van der Waals surface area contributed by atoms with Crippen molar-refractivity contribution in [3.8, 4) is 51.7 Å². The van der Waals surface area contributed by atoms with Crippen molar-refractivity contribution in [1.29, 1.82) is 0 Å². The second kappa shape index (κ2) is 24.2. The molecule has 4 heterocycles. The van der Waals surface area contributed by atoms with E-state index in [1.165, 1.54) is 70.1 Å². The first-order valence-electron chi connectivity index (χ1n) is 20.9. The average Bonchev–Trinajstić information content (AvgIpc) is 3.33. The summed E-state index contributed by atoms with van der Waals surface area (Å²) in [5.41, 5.74) is -0.0979. The zero-order chi connectivity index (χ0) is 53.6. The molecule has 0 aliphatic heterocycles. The Hall–Kier alpha value is -8.97. The third-order valence-electron chi connectivity index (χ3n) is 9.17. The lowest BCUT2D eigenvalue weighted by molar-refractivity contribution is -0.275. The molecule has 0 radical (unpaired) electrons. The van der Waals surface area contributed by atoms with Crippen molar-refractivity contribution in [3.63, 3.8) is 0 Å². The normalized spacial score (nSPS) is 10.9. The summed E-state index contributed by atoms with van der Waals surface area (Å²) < 4.78 is 135. The highest BCUT2D eigenvalue weighted by Crippen LogP contribution is 2.41. The van der Waals surface area contributed by atoms with Crippen molar-refractivity contribution < 1.29 is 92.5 Å². The van der Waals surface area contributed by atoms with E-state index in [1.54, 1.807) is 20.8 Å². The number of pyridine rings is 4. The molecule has 2 amide bonds. The zero-order valence-corrected chi connectivity index (χ0v) is 39.2. The molecule has 0 saturated heterocycles. The Kier molecular flexibility index (Phi) is 18.2. The third-order valence-corrected chi connectivity index (χ3v) is 9.17. The van der Waals surface area contributed by atoms with Gasteiger partial charge in [-0.3, -0.25) is 19.6 Å². The number of halogens is 7. The summed E-state index contributed by atoms with van der Waals surface area (Å²) in [4.78, 5) is 65.9. The van der Waals surface area contributed by atoms with Crippen LogP contribution in [-0.4, -0.2) is 91.0 Å². The molecule has 6 aromatic rings. The number of esters is 2. The number of ether oxygens (including phenoxy) is 9. The lowest BCUT2D eigenvalue weighted by Crippen LogP contribution is -2.17. The van der Waals surface area contributed by atoms with Crippen LogP contribution in [0, 0.1) is 19.7 Å². The van der Waals surface area contributed by atoms with Crippen molar-refractivity contribution in [2.45, 2.75) is 40.4 Å².